The van der Waals surface area contributed by atoms with Gasteiger partial charge in [0, 0.05) is 17.2 Å². The Morgan fingerprint density at radius 3 is 2.87 bits per heavy atom. The summed E-state index contributed by atoms with van der Waals surface area (Å²) in [5.74, 6) is 2.60. The minimum atomic E-state index is 0.471. The lowest BCUT2D eigenvalue weighted by atomic mass is 10.0. The first-order valence-corrected chi connectivity index (χ1v) is 6.79. The zero-order valence-corrected chi connectivity index (χ0v) is 9.63. The van der Waals surface area contributed by atoms with Crippen molar-refractivity contribution < 1.29 is 4.79 Å². The molecule has 0 N–H and O–H groups in total. The fourth-order valence-corrected chi connectivity index (χ4v) is 3.88. The third-order valence-electron chi connectivity index (χ3n) is 3.98. The fraction of sp³-hybridized carbons (Fsp3) is 0.615. The van der Waals surface area contributed by atoms with E-state index in [1.54, 1.807) is 11.3 Å². The van der Waals surface area contributed by atoms with Crippen LogP contribution in [0.3, 0.4) is 0 Å². The van der Waals surface area contributed by atoms with Crippen LogP contribution in [0.5, 0.6) is 0 Å². The second-order valence-corrected chi connectivity index (χ2v) is 5.86. The number of carbonyl (C=O) groups excluding carboxylic acids is 1. The molecule has 2 aliphatic rings. The van der Waals surface area contributed by atoms with E-state index in [0.29, 0.717) is 11.7 Å². The average molecular weight is 220 g/mol. The Kier molecular flexibility index (Phi) is 2.39. The zero-order valence-electron chi connectivity index (χ0n) is 8.82. The highest BCUT2D eigenvalue weighted by molar-refractivity contribution is 7.09. The highest BCUT2D eigenvalue weighted by atomic mass is 32.1. The summed E-state index contributed by atoms with van der Waals surface area (Å²) in [4.78, 5) is 13.3. The lowest BCUT2D eigenvalue weighted by molar-refractivity contribution is -0.120. The zero-order chi connectivity index (χ0) is 10.3. The quantitative estimate of drug-likeness (QED) is 0.761. The third kappa shape index (κ3) is 1.76. The van der Waals surface area contributed by atoms with Crippen LogP contribution in [-0.4, -0.2) is 5.78 Å². The Morgan fingerprint density at radius 1 is 1.40 bits per heavy atom. The van der Waals surface area contributed by atoms with Crippen LogP contribution in [0.25, 0.3) is 0 Å². The van der Waals surface area contributed by atoms with Crippen molar-refractivity contribution in [1.82, 2.24) is 0 Å². The van der Waals surface area contributed by atoms with E-state index >= 15 is 0 Å². The Hall–Kier alpha value is -0.630. The summed E-state index contributed by atoms with van der Waals surface area (Å²) in [6.45, 7) is 0. The second kappa shape index (κ2) is 3.75. The van der Waals surface area contributed by atoms with E-state index in [1.165, 1.54) is 24.1 Å². The van der Waals surface area contributed by atoms with Gasteiger partial charge >= 0.3 is 0 Å². The summed E-state index contributed by atoms with van der Waals surface area (Å²) in [5.41, 5.74) is 0. The van der Waals surface area contributed by atoms with E-state index in [0.717, 1.165) is 24.7 Å². The molecule has 2 heteroatoms. The Balaban J connectivity index is 1.50. The smallest absolute Gasteiger partial charge is 0.136 e. The molecule has 2 unspecified atom stereocenters. The number of aryl methyl sites for hydroxylation is 1. The maximum absolute atomic E-state index is 11.9. The largest absolute Gasteiger partial charge is 0.299 e. The van der Waals surface area contributed by atoms with Gasteiger partial charge in [-0.25, -0.2) is 0 Å². The summed E-state index contributed by atoms with van der Waals surface area (Å²) < 4.78 is 0. The molecule has 0 saturated heterocycles. The number of fused-ring (bicyclic) bond motifs is 1. The molecule has 1 aromatic heterocycles. The van der Waals surface area contributed by atoms with E-state index in [1.807, 2.05) is 0 Å². The minimum Gasteiger partial charge on any atom is -0.299 e. The first-order chi connectivity index (χ1) is 7.36. The lowest BCUT2D eigenvalue weighted by Gasteiger charge is -2.01. The predicted molar refractivity (Wildman–Crippen MR) is 62.0 cm³/mol. The fourth-order valence-electron chi connectivity index (χ4n) is 3.17. The van der Waals surface area contributed by atoms with Crippen molar-refractivity contribution in [3.05, 3.63) is 22.4 Å². The molecule has 0 amide bonds. The van der Waals surface area contributed by atoms with Gasteiger partial charge in [-0.1, -0.05) is 12.5 Å². The standard InChI is InChI=1S/C13H16OS/c14-12(7-6-9-3-2-8-15-9)13-10-4-1-5-11(10)13/h2-3,8,10-11,13H,1,4-7H2. The maximum Gasteiger partial charge on any atom is 0.136 e. The van der Waals surface area contributed by atoms with E-state index in [2.05, 4.69) is 17.5 Å². The number of carbonyl (C=O) groups is 1. The van der Waals surface area contributed by atoms with Crippen molar-refractivity contribution in [3.8, 4) is 0 Å². The van der Waals surface area contributed by atoms with Gasteiger partial charge in [0.05, 0.1) is 0 Å². The number of Topliss-reactive ketones (excluding diaryl/α,β-unsaturated/α-hetero) is 1. The molecular formula is C13H16OS. The molecule has 1 aromatic rings. The molecule has 3 rings (SSSR count). The molecule has 0 radical (unpaired) electrons. The molecule has 15 heavy (non-hydrogen) atoms. The molecule has 0 bridgehead atoms. The van der Waals surface area contributed by atoms with Gasteiger partial charge in [0.15, 0.2) is 0 Å². The SMILES string of the molecule is O=C(CCc1cccs1)C1C2CCCC21. The molecule has 0 spiro atoms. The van der Waals surface area contributed by atoms with Crippen molar-refractivity contribution in [2.75, 3.05) is 0 Å². The van der Waals surface area contributed by atoms with Crippen LogP contribution in [0, 0.1) is 17.8 Å². The Labute approximate surface area is 94.5 Å². The monoisotopic (exact) mass is 220 g/mol. The van der Waals surface area contributed by atoms with Crippen LogP contribution in [0.2, 0.25) is 0 Å². The highest BCUT2D eigenvalue weighted by Crippen LogP contribution is 2.58. The second-order valence-electron chi connectivity index (χ2n) is 4.83. The van der Waals surface area contributed by atoms with E-state index in [4.69, 9.17) is 0 Å². The summed E-state index contributed by atoms with van der Waals surface area (Å²) in [6, 6.07) is 4.20. The van der Waals surface area contributed by atoms with E-state index < -0.39 is 0 Å². The third-order valence-corrected chi connectivity index (χ3v) is 4.91. The summed E-state index contributed by atoms with van der Waals surface area (Å²) in [7, 11) is 0. The van der Waals surface area contributed by atoms with Crippen LogP contribution in [0.1, 0.15) is 30.6 Å². The number of ketones is 1. The van der Waals surface area contributed by atoms with Gasteiger partial charge < -0.3 is 0 Å². The molecule has 0 aromatic carbocycles. The van der Waals surface area contributed by atoms with Crippen LogP contribution in [-0.2, 0) is 11.2 Å². The van der Waals surface area contributed by atoms with Crippen molar-refractivity contribution in [1.29, 1.82) is 0 Å². The number of hydrogen-bond acceptors (Lipinski definition) is 2. The van der Waals surface area contributed by atoms with Crippen LogP contribution in [0.4, 0.5) is 0 Å². The number of thiophene rings is 1. The lowest BCUT2D eigenvalue weighted by Crippen LogP contribution is -2.06. The van der Waals surface area contributed by atoms with Crippen molar-refractivity contribution in [2.45, 2.75) is 32.1 Å². The molecule has 1 heterocycles. The molecule has 1 nitrogen and oxygen atoms in total. The number of hydrogen-bond donors (Lipinski definition) is 0. The van der Waals surface area contributed by atoms with E-state index in [-0.39, 0.29) is 0 Å². The Bertz CT molecular complexity index is 345. The summed E-state index contributed by atoms with van der Waals surface area (Å²) >= 11 is 1.77. The molecule has 2 fully saturated rings. The molecule has 0 aliphatic heterocycles. The highest BCUT2D eigenvalue weighted by Gasteiger charge is 2.55. The summed E-state index contributed by atoms with van der Waals surface area (Å²) in [6.07, 6.45) is 5.74. The maximum atomic E-state index is 11.9. The van der Waals surface area contributed by atoms with Gasteiger partial charge in [-0.3, -0.25) is 4.79 Å². The topological polar surface area (TPSA) is 17.1 Å². The molecular weight excluding hydrogens is 204 g/mol. The van der Waals surface area contributed by atoms with E-state index in [9.17, 15) is 4.79 Å². The van der Waals surface area contributed by atoms with Gasteiger partial charge in [0.2, 0.25) is 0 Å². The van der Waals surface area contributed by atoms with Crippen LogP contribution in [0.15, 0.2) is 17.5 Å². The molecule has 2 aliphatic carbocycles. The molecule has 2 saturated carbocycles. The first-order valence-electron chi connectivity index (χ1n) is 5.91. The van der Waals surface area contributed by atoms with Crippen LogP contribution < -0.4 is 0 Å². The predicted octanol–water partition coefficient (Wildman–Crippen LogP) is 3.30. The Morgan fingerprint density at radius 2 is 2.20 bits per heavy atom. The molecule has 2 atom stereocenters. The normalized spacial score (nSPS) is 32.7. The number of rotatable bonds is 4. The van der Waals surface area contributed by atoms with Gasteiger partial charge in [0.25, 0.3) is 0 Å². The van der Waals surface area contributed by atoms with Gasteiger partial charge in [-0.2, -0.15) is 0 Å². The van der Waals surface area contributed by atoms with Gasteiger partial charge in [-0.05, 0) is 42.5 Å². The summed E-state index contributed by atoms with van der Waals surface area (Å²) in [5, 5.41) is 2.09. The van der Waals surface area contributed by atoms with Crippen molar-refractivity contribution in [2.24, 2.45) is 17.8 Å². The molecule has 80 valence electrons. The van der Waals surface area contributed by atoms with Crippen LogP contribution >= 0.6 is 11.3 Å². The minimum absolute atomic E-state index is 0.471. The van der Waals surface area contributed by atoms with Gasteiger partial charge in [0.1, 0.15) is 5.78 Å². The van der Waals surface area contributed by atoms with Crippen molar-refractivity contribution >= 4 is 17.1 Å². The first kappa shape index (κ1) is 9.59. The average Bonchev–Trinajstić information content (AvgIpc) is 2.72. The van der Waals surface area contributed by atoms with Gasteiger partial charge in [-0.15, -0.1) is 11.3 Å². The van der Waals surface area contributed by atoms with Crippen molar-refractivity contribution in [3.63, 3.8) is 0 Å².